The van der Waals surface area contributed by atoms with E-state index in [1.807, 2.05) is 42.5 Å². The van der Waals surface area contributed by atoms with Gasteiger partial charge in [0.05, 0.1) is 17.9 Å². The highest BCUT2D eigenvalue weighted by molar-refractivity contribution is 6.30. The van der Waals surface area contributed by atoms with Crippen LogP contribution in [0.5, 0.6) is 0 Å². The van der Waals surface area contributed by atoms with Crippen molar-refractivity contribution in [1.82, 2.24) is 4.98 Å². The van der Waals surface area contributed by atoms with Crippen LogP contribution in [0.15, 0.2) is 91.1 Å². The summed E-state index contributed by atoms with van der Waals surface area (Å²) in [5.74, 6) is -0.588. The fraction of sp³-hybridized carbons (Fsp3) is 0.194. The van der Waals surface area contributed by atoms with Crippen LogP contribution in [-0.4, -0.2) is 45.8 Å². The van der Waals surface area contributed by atoms with Crippen LogP contribution in [0, 0.1) is 0 Å². The van der Waals surface area contributed by atoms with Crippen molar-refractivity contribution >= 4 is 34.9 Å². The van der Waals surface area contributed by atoms with E-state index < -0.39 is 23.8 Å². The van der Waals surface area contributed by atoms with Crippen LogP contribution in [0.1, 0.15) is 39.6 Å². The third-order valence-corrected chi connectivity index (χ3v) is 7.58. The summed E-state index contributed by atoms with van der Waals surface area (Å²) in [7, 11) is 0. The molecule has 1 unspecified atom stereocenters. The van der Waals surface area contributed by atoms with Crippen molar-refractivity contribution in [1.29, 1.82) is 0 Å². The molecule has 3 N–H and O–H groups in total. The number of aliphatic hydroxyl groups is 2. The summed E-state index contributed by atoms with van der Waals surface area (Å²) >= 11 is 6.14. The van der Waals surface area contributed by atoms with Crippen LogP contribution in [0.2, 0.25) is 5.02 Å². The zero-order valence-electron chi connectivity index (χ0n) is 21.6. The molecule has 0 saturated heterocycles. The molecule has 0 aliphatic carbocycles. The van der Waals surface area contributed by atoms with Gasteiger partial charge in [0.1, 0.15) is 17.1 Å². The number of pyridine rings is 1. The number of amides is 2. The van der Waals surface area contributed by atoms with Gasteiger partial charge in [0, 0.05) is 35.3 Å². The lowest BCUT2D eigenvalue weighted by molar-refractivity contribution is -0.130. The topological polar surface area (TPSA) is 103 Å². The quantitative estimate of drug-likeness (QED) is 0.295. The normalized spacial score (nSPS) is 20.4. The minimum absolute atomic E-state index is 0.0206. The van der Waals surface area contributed by atoms with E-state index in [1.54, 1.807) is 12.1 Å². The number of rotatable bonds is 5. The number of benzene rings is 3. The summed E-state index contributed by atoms with van der Waals surface area (Å²) < 4.78 is 15.6. The Hall–Kier alpha value is -4.11. The lowest BCUT2D eigenvalue weighted by Gasteiger charge is -2.37. The SMILES string of the molecule is CC1(F)CCN(C(=O)c2ccc(NC(=O)c3ccccc3-c3ccccc3)nc2)c2ccc(Cl)cc2[C@@]1(O)CO. The molecule has 0 spiro atoms. The Morgan fingerprint density at radius 2 is 1.77 bits per heavy atom. The van der Waals surface area contributed by atoms with E-state index >= 15 is 4.39 Å². The molecule has 7 nitrogen and oxygen atoms in total. The number of nitrogens with one attached hydrogen (secondary N) is 1. The molecule has 0 saturated carbocycles. The Kier molecular flexibility index (Phi) is 7.42. The average Bonchev–Trinajstić information content (AvgIpc) is 3.05. The number of nitrogens with zero attached hydrogens (tertiary/aromatic N) is 2. The van der Waals surface area contributed by atoms with Gasteiger partial charge >= 0.3 is 0 Å². The number of hydrogen-bond acceptors (Lipinski definition) is 5. The second-order valence-electron chi connectivity index (χ2n) is 9.88. The standard InChI is InChI=1S/C31H27ClFN3O4/c1-30(33)15-16-36(26-13-12-22(32)17-25(26)31(30,40)19-37)29(39)21-11-14-27(34-18-21)35-28(38)24-10-6-5-9-23(24)20-7-3-2-4-8-20/h2-14,17-18,37,40H,15-16,19H2,1H3,(H,34,35,38)/t30?,31-/m0/s1. The first kappa shape index (κ1) is 27.5. The molecular formula is C31H27ClFN3O4. The van der Waals surface area contributed by atoms with E-state index in [-0.39, 0.29) is 46.5 Å². The van der Waals surface area contributed by atoms with Crippen molar-refractivity contribution in [3.05, 3.63) is 113 Å². The van der Waals surface area contributed by atoms with Gasteiger partial charge < -0.3 is 20.4 Å². The van der Waals surface area contributed by atoms with Crippen LogP contribution in [-0.2, 0) is 5.60 Å². The van der Waals surface area contributed by atoms with Gasteiger partial charge in [-0.1, -0.05) is 60.1 Å². The maximum atomic E-state index is 15.6. The Bertz CT molecular complexity index is 1560. The van der Waals surface area contributed by atoms with Crippen molar-refractivity contribution in [3.63, 3.8) is 0 Å². The Morgan fingerprint density at radius 1 is 1.05 bits per heavy atom. The van der Waals surface area contributed by atoms with E-state index in [4.69, 9.17) is 11.6 Å². The van der Waals surface area contributed by atoms with Gasteiger partial charge in [0.15, 0.2) is 0 Å². The molecule has 2 atom stereocenters. The molecule has 1 aliphatic heterocycles. The van der Waals surface area contributed by atoms with Gasteiger partial charge in [-0.05, 0) is 54.4 Å². The first-order valence-corrected chi connectivity index (χ1v) is 13.1. The van der Waals surface area contributed by atoms with Crippen molar-refractivity contribution < 1.29 is 24.2 Å². The van der Waals surface area contributed by atoms with Crippen LogP contribution in [0.25, 0.3) is 11.1 Å². The first-order chi connectivity index (χ1) is 19.1. The molecule has 0 fully saturated rings. The zero-order valence-corrected chi connectivity index (χ0v) is 22.4. The zero-order chi connectivity index (χ0) is 28.5. The number of halogens is 2. The second-order valence-corrected chi connectivity index (χ2v) is 10.3. The van der Waals surface area contributed by atoms with E-state index in [1.165, 1.54) is 48.4 Å². The number of hydrogen-bond donors (Lipinski definition) is 3. The third kappa shape index (κ3) is 4.97. The number of anilines is 2. The third-order valence-electron chi connectivity index (χ3n) is 7.34. The number of carbonyl (C=O) groups is 2. The number of carbonyl (C=O) groups excluding carboxylic acids is 2. The summed E-state index contributed by atoms with van der Waals surface area (Å²) in [4.78, 5) is 32.3. The monoisotopic (exact) mass is 559 g/mol. The van der Waals surface area contributed by atoms with Gasteiger partial charge in [-0.3, -0.25) is 9.59 Å². The first-order valence-electron chi connectivity index (χ1n) is 12.7. The summed E-state index contributed by atoms with van der Waals surface area (Å²) in [6.45, 7) is 0.243. The van der Waals surface area contributed by atoms with Crippen molar-refractivity contribution in [2.75, 3.05) is 23.4 Å². The molecule has 5 rings (SSSR count). The molecule has 2 heterocycles. The van der Waals surface area contributed by atoms with Gasteiger partial charge in [-0.25, -0.2) is 9.37 Å². The predicted octanol–water partition coefficient (Wildman–Crippen LogP) is 5.61. The van der Waals surface area contributed by atoms with Gasteiger partial charge in [0.25, 0.3) is 11.8 Å². The summed E-state index contributed by atoms with van der Waals surface area (Å²) in [6.07, 6.45) is 1.10. The van der Waals surface area contributed by atoms with Crippen LogP contribution in [0.4, 0.5) is 15.9 Å². The molecule has 204 valence electrons. The van der Waals surface area contributed by atoms with E-state index in [2.05, 4.69) is 10.3 Å². The smallest absolute Gasteiger partial charge is 0.259 e. The van der Waals surface area contributed by atoms with Crippen LogP contribution in [0.3, 0.4) is 0 Å². The molecule has 3 aromatic carbocycles. The van der Waals surface area contributed by atoms with Crippen molar-refractivity contribution in [2.45, 2.75) is 24.6 Å². The maximum Gasteiger partial charge on any atom is 0.259 e. The fourth-order valence-corrected chi connectivity index (χ4v) is 5.12. The van der Waals surface area contributed by atoms with Gasteiger partial charge in [-0.15, -0.1) is 0 Å². The molecular weight excluding hydrogens is 533 g/mol. The van der Waals surface area contributed by atoms with Gasteiger partial charge in [0.2, 0.25) is 0 Å². The van der Waals surface area contributed by atoms with Crippen LogP contribution >= 0.6 is 11.6 Å². The largest absolute Gasteiger partial charge is 0.393 e. The molecule has 0 bridgehead atoms. The maximum absolute atomic E-state index is 15.6. The number of aromatic nitrogens is 1. The molecule has 9 heteroatoms. The second kappa shape index (κ2) is 10.8. The fourth-order valence-electron chi connectivity index (χ4n) is 4.95. The lowest BCUT2D eigenvalue weighted by atomic mass is 9.79. The van der Waals surface area contributed by atoms with E-state index in [9.17, 15) is 19.8 Å². The minimum Gasteiger partial charge on any atom is -0.393 e. The summed E-state index contributed by atoms with van der Waals surface area (Å²) in [6, 6.07) is 24.2. The molecule has 1 aliphatic rings. The van der Waals surface area contributed by atoms with Crippen LogP contribution < -0.4 is 10.2 Å². The lowest BCUT2D eigenvalue weighted by Crippen LogP contribution is -2.49. The molecule has 4 aromatic rings. The number of fused-ring (bicyclic) bond motifs is 1. The minimum atomic E-state index is -2.26. The molecule has 1 aromatic heterocycles. The Labute approximate surface area is 235 Å². The highest BCUT2D eigenvalue weighted by atomic mass is 35.5. The average molecular weight is 560 g/mol. The predicted molar refractivity (Wildman–Crippen MR) is 152 cm³/mol. The van der Waals surface area contributed by atoms with Crippen molar-refractivity contribution in [2.24, 2.45) is 0 Å². The van der Waals surface area contributed by atoms with Gasteiger partial charge in [-0.2, -0.15) is 0 Å². The number of aliphatic hydroxyl groups excluding tert-OH is 1. The molecule has 2 amide bonds. The highest BCUT2D eigenvalue weighted by Gasteiger charge is 2.52. The van der Waals surface area contributed by atoms with Crippen molar-refractivity contribution in [3.8, 4) is 11.1 Å². The Morgan fingerprint density at radius 3 is 2.48 bits per heavy atom. The highest BCUT2D eigenvalue weighted by Crippen LogP contribution is 2.46. The molecule has 40 heavy (non-hydrogen) atoms. The summed E-state index contributed by atoms with van der Waals surface area (Å²) in [5, 5.41) is 24.1. The number of alkyl halides is 1. The van der Waals surface area contributed by atoms with E-state index in [0.717, 1.165) is 11.1 Å². The van der Waals surface area contributed by atoms with E-state index in [0.29, 0.717) is 5.56 Å². The molecule has 0 radical (unpaired) electrons. The Balaban J connectivity index is 1.40. The summed E-state index contributed by atoms with van der Waals surface area (Å²) in [5.41, 5.74) is -1.90.